The molecule has 1 atom stereocenters. The highest BCUT2D eigenvalue weighted by molar-refractivity contribution is 5.50. The van der Waals surface area contributed by atoms with Gasteiger partial charge in [0.1, 0.15) is 11.4 Å². The lowest BCUT2D eigenvalue weighted by Gasteiger charge is -2.46. The fourth-order valence-corrected chi connectivity index (χ4v) is 4.15. The number of aryl methyl sites for hydroxylation is 2. The summed E-state index contributed by atoms with van der Waals surface area (Å²) in [4.78, 5) is 11.3. The molecule has 1 unspecified atom stereocenters. The highest BCUT2D eigenvalue weighted by atomic mass is 19.1. The lowest BCUT2D eigenvalue weighted by Crippen LogP contribution is -2.57. The van der Waals surface area contributed by atoms with E-state index in [1.165, 1.54) is 6.07 Å². The van der Waals surface area contributed by atoms with Gasteiger partial charge in [0, 0.05) is 26.7 Å². The molecule has 0 N–H and O–H groups in total. The fraction of sp³-hybridized carbons (Fsp3) is 0.583. The van der Waals surface area contributed by atoms with Gasteiger partial charge in [-0.2, -0.15) is 0 Å². The van der Waals surface area contributed by atoms with E-state index in [9.17, 15) is 4.39 Å². The van der Waals surface area contributed by atoms with E-state index in [-0.39, 0.29) is 11.7 Å². The Balaban J connectivity index is 1.82. The number of methoxy groups -OCH3 is 2. The van der Waals surface area contributed by atoms with E-state index in [1.54, 1.807) is 26.5 Å². The molecule has 1 aliphatic heterocycles. The minimum Gasteiger partial charge on any atom is -0.469 e. The zero-order valence-corrected chi connectivity index (χ0v) is 19.4. The van der Waals surface area contributed by atoms with E-state index in [2.05, 4.69) is 9.88 Å². The summed E-state index contributed by atoms with van der Waals surface area (Å²) in [6.45, 7) is 9.12. The van der Waals surface area contributed by atoms with Crippen molar-refractivity contribution in [2.45, 2.75) is 58.3 Å². The Morgan fingerprint density at radius 2 is 1.90 bits per heavy atom. The highest BCUT2D eigenvalue weighted by Gasteiger charge is 2.45. The Kier molecular flexibility index (Phi) is 7.17. The van der Waals surface area contributed by atoms with Gasteiger partial charge in [0.2, 0.25) is 0 Å². The quantitative estimate of drug-likeness (QED) is 0.600. The number of hydrogen-bond donors (Lipinski definition) is 0. The molecule has 2 aromatic rings. The van der Waals surface area contributed by atoms with Crippen LogP contribution >= 0.6 is 0 Å². The van der Waals surface area contributed by atoms with E-state index in [0.29, 0.717) is 24.7 Å². The van der Waals surface area contributed by atoms with E-state index < -0.39 is 11.4 Å². The normalized spacial score (nSPS) is 18.8. The minimum atomic E-state index is -0.825. The third-order valence-electron chi connectivity index (χ3n) is 5.74. The molecule has 0 amide bonds. The number of nitrogens with zero attached hydrogens (tertiary/aromatic N) is 3. The molecule has 1 fully saturated rings. The fourth-order valence-electron chi connectivity index (χ4n) is 4.15. The maximum Gasteiger partial charge on any atom is 0.258 e. The molecule has 0 radical (unpaired) electrons. The van der Waals surface area contributed by atoms with Crippen LogP contribution in [0.2, 0.25) is 0 Å². The third kappa shape index (κ3) is 5.52. The first-order valence-electron chi connectivity index (χ1n) is 10.8. The van der Waals surface area contributed by atoms with Gasteiger partial charge in [0.15, 0.2) is 11.6 Å². The minimum absolute atomic E-state index is 0.114. The van der Waals surface area contributed by atoms with Gasteiger partial charge in [-0.25, -0.2) is 14.4 Å². The van der Waals surface area contributed by atoms with Gasteiger partial charge in [-0.15, -0.1) is 0 Å². The topological polar surface area (TPSA) is 56.7 Å². The van der Waals surface area contributed by atoms with Gasteiger partial charge < -0.3 is 19.1 Å². The van der Waals surface area contributed by atoms with Crippen LogP contribution in [0.4, 0.5) is 10.2 Å². The molecule has 2 heterocycles. The van der Waals surface area contributed by atoms with Crippen molar-refractivity contribution in [3.63, 3.8) is 0 Å². The molecule has 1 aliphatic rings. The van der Waals surface area contributed by atoms with Gasteiger partial charge in [0.05, 0.1) is 18.4 Å². The van der Waals surface area contributed by atoms with Crippen molar-refractivity contribution in [3.05, 3.63) is 47.5 Å². The van der Waals surface area contributed by atoms with Crippen molar-refractivity contribution in [2.75, 3.05) is 32.2 Å². The molecule has 0 aliphatic carbocycles. The van der Waals surface area contributed by atoms with Gasteiger partial charge in [-0.05, 0) is 58.6 Å². The van der Waals surface area contributed by atoms with Gasteiger partial charge in [-0.1, -0.05) is 18.2 Å². The maximum absolute atomic E-state index is 14.1. The first kappa shape index (κ1) is 23.4. The smallest absolute Gasteiger partial charge is 0.258 e. The van der Waals surface area contributed by atoms with E-state index >= 15 is 0 Å². The molecule has 1 saturated heterocycles. The second kappa shape index (κ2) is 9.49. The summed E-state index contributed by atoms with van der Waals surface area (Å²) in [5, 5.41) is 0. The summed E-state index contributed by atoms with van der Waals surface area (Å²) in [6.07, 6.45) is 3.93. The van der Waals surface area contributed by atoms with Crippen LogP contribution in [0.25, 0.3) is 0 Å². The SMILES string of the molecule is COC1(OC)CN(c2nc(C)cnc2OC(C)(C)C)CCC1CCc1ccccc1F. The van der Waals surface area contributed by atoms with Crippen LogP contribution in [-0.4, -0.2) is 48.7 Å². The summed E-state index contributed by atoms with van der Waals surface area (Å²) >= 11 is 0. The molecule has 6 nitrogen and oxygen atoms in total. The predicted octanol–water partition coefficient (Wildman–Crippen LogP) is 4.55. The molecular formula is C24H34FN3O3. The zero-order chi connectivity index (χ0) is 22.6. The van der Waals surface area contributed by atoms with Gasteiger partial charge >= 0.3 is 0 Å². The van der Waals surface area contributed by atoms with Crippen LogP contribution in [0.5, 0.6) is 5.88 Å². The number of hydrogen-bond acceptors (Lipinski definition) is 6. The van der Waals surface area contributed by atoms with E-state index in [4.69, 9.17) is 19.2 Å². The second-order valence-electron chi connectivity index (χ2n) is 9.11. The van der Waals surface area contributed by atoms with Crippen LogP contribution in [0, 0.1) is 18.7 Å². The van der Waals surface area contributed by atoms with Crippen molar-refractivity contribution < 1.29 is 18.6 Å². The van der Waals surface area contributed by atoms with Crippen LogP contribution in [0.1, 0.15) is 44.9 Å². The Hall–Kier alpha value is -2.25. The van der Waals surface area contributed by atoms with Crippen LogP contribution in [0.3, 0.4) is 0 Å². The average Bonchev–Trinajstić information content (AvgIpc) is 2.73. The van der Waals surface area contributed by atoms with Gasteiger partial charge in [0.25, 0.3) is 5.88 Å². The molecule has 0 bridgehead atoms. The van der Waals surface area contributed by atoms with Crippen molar-refractivity contribution in [2.24, 2.45) is 5.92 Å². The molecule has 0 saturated carbocycles. The molecule has 7 heteroatoms. The number of ether oxygens (including phenoxy) is 3. The number of piperidine rings is 1. The molecule has 31 heavy (non-hydrogen) atoms. The first-order chi connectivity index (χ1) is 14.7. The monoisotopic (exact) mass is 431 g/mol. The predicted molar refractivity (Wildman–Crippen MR) is 119 cm³/mol. The Bertz CT molecular complexity index is 881. The maximum atomic E-state index is 14.1. The largest absolute Gasteiger partial charge is 0.469 e. The summed E-state index contributed by atoms with van der Waals surface area (Å²) in [6, 6.07) is 6.93. The van der Waals surface area contributed by atoms with Crippen LogP contribution in [0.15, 0.2) is 30.5 Å². The molecule has 1 aromatic carbocycles. The third-order valence-corrected chi connectivity index (χ3v) is 5.74. The second-order valence-corrected chi connectivity index (χ2v) is 9.11. The highest BCUT2D eigenvalue weighted by Crippen LogP contribution is 2.38. The van der Waals surface area contributed by atoms with Crippen LogP contribution < -0.4 is 9.64 Å². The van der Waals surface area contributed by atoms with Gasteiger partial charge in [-0.3, -0.25) is 0 Å². The number of anilines is 1. The summed E-state index contributed by atoms with van der Waals surface area (Å²) in [7, 11) is 3.33. The lowest BCUT2D eigenvalue weighted by molar-refractivity contribution is -0.241. The Labute approximate surface area is 184 Å². The standard InChI is InChI=1S/C24H34FN3O3/c1-17-15-26-22(31-23(2,3)4)21(27-17)28-14-13-19(24(16-28,29-5)30-6)12-11-18-9-7-8-10-20(18)25/h7-10,15,19H,11-14,16H2,1-6H3. The molecule has 1 aromatic heterocycles. The first-order valence-corrected chi connectivity index (χ1v) is 10.8. The van der Waals surface area contributed by atoms with Crippen molar-refractivity contribution in [1.82, 2.24) is 9.97 Å². The van der Waals surface area contributed by atoms with E-state index in [1.807, 2.05) is 39.8 Å². The average molecular weight is 432 g/mol. The lowest BCUT2D eigenvalue weighted by atomic mass is 9.85. The Morgan fingerprint density at radius 3 is 2.55 bits per heavy atom. The van der Waals surface area contributed by atoms with E-state index in [0.717, 1.165) is 30.6 Å². The molecule has 0 spiro atoms. The van der Waals surface area contributed by atoms with Crippen molar-refractivity contribution in [1.29, 1.82) is 0 Å². The summed E-state index contributed by atoms with van der Waals surface area (Å²) < 4.78 is 32.1. The summed E-state index contributed by atoms with van der Waals surface area (Å²) in [5.74, 6) is 0.320. The number of benzene rings is 1. The molecule has 170 valence electrons. The Morgan fingerprint density at radius 1 is 1.19 bits per heavy atom. The van der Waals surface area contributed by atoms with Crippen LogP contribution in [-0.2, 0) is 15.9 Å². The zero-order valence-electron chi connectivity index (χ0n) is 19.4. The summed E-state index contributed by atoms with van der Waals surface area (Å²) in [5.41, 5.74) is 1.14. The number of aromatic nitrogens is 2. The molecule has 3 rings (SSSR count). The number of halogens is 1. The number of rotatable bonds is 7. The molecular weight excluding hydrogens is 397 g/mol. The van der Waals surface area contributed by atoms with Crippen molar-refractivity contribution >= 4 is 5.82 Å². The van der Waals surface area contributed by atoms with Crippen molar-refractivity contribution in [3.8, 4) is 5.88 Å².